The molecular formula is C13H17N3S. The van der Waals surface area contributed by atoms with E-state index in [1.165, 1.54) is 0 Å². The average Bonchev–Trinajstić information content (AvgIpc) is 2.85. The van der Waals surface area contributed by atoms with Gasteiger partial charge in [0.15, 0.2) is 5.82 Å². The van der Waals surface area contributed by atoms with E-state index in [4.69, 9.17) is 0 Å². The highest BCUT2D eigenvalue weighted by molar-refractivity contribution is 7.13. The molecule has 0 saturated carbocycles. The molecule has 0 aromatic carbocycles. The third-order valence-electron chi connectivity index (χ3n) is 2.54. The van der Waals surface area contributed by atoms with Gasteiger partial charge in [0.2, 0.25) is 0 Å². The Hall–Kier alpha value is -1.26. The van der Waals surface area contributed by atoms with Gasteiger partial charge >= 0.3 is 0 Å². The zero-order valence-electron chi connectivity index (χ0n) is 10.2. The third-order valence-corrected chi connectivity index (χ3v) is 3.40. The number of rotatable bonds is 5. The molecule has 2 rings (SSSR count). The quantitative estimate of drug-likeness (QED) is 0.825. The van der Waals surface area contributed by atoms with Gasteiger partial charge in [-0.3, -0.25) is 0 Å². The van der Waals surface area contributed by atoms with Gasteiger partial charge in [-0.2, -0.15) is 0 Å². The van der Waals surface area contributed by atoms with Crippen LogP contribution in [0, 0.1) is 6.92 Å². The molecule has 3 nitrogen and oxygen atoms in total. The molecule has 0 aliphatic heterocycles. The monoisotopic (exact) mass is 247 g/mol. The van der Waals surface area contributed by atoms with E-state index in [1.54, 1.807) is 11.3 Å². The summed E-state index contributed by atoms with van der Waals surface area (Å²) < 4.78 is 0. The van der Waals surface area contributed by atoms with Gasteiger partial charge in [-0.05, 0) is 36.9 Å². The van der Waals surface area contributed by atoms with Crippen LogP contribution in [0.5, 0.6) is 0 Å². The molecular weight excluding hydrogens is 230 g/mol. The van der Waals surface area contributed by atoms with E-state index in [2.05, 4.69) is 35.2 Å². The van der Waals surface area contributed by atoms with E-state index in [0.29, 0.717) is 0 Å². The first-order valence-corrected chi connectivity index (χ1v) is 6.76. The molecule has 0 amide bonds. The molecule has 2 aromatic heterocycles. The van der Waals surface area contributed by atoms with Crippen LogP contribution in [0.2, 0.25) is 0 Å². The summed E-state index contributed by atoms with van der Waals surface area (Å²) in [6.45, 7) is 6.07. The van der Waals surface area contributed by atoms with Crippen LogP contribution in [0.1, 0.15) is 24.6 Å². The summed E-state index contributed by atoms with van der Waals surface area (Å²) in [6.07, 6.45) is 3.05. The van der Waals surface area contributed by atoms with Gasteiger partial charge in [-0.25, -0.2) is 9.97 Å². The number of thiophene rings is 1. The highest BCUT2D eigenvalue weighted by Crippen LogP contribution is 2.21. The second-order valence-corrected chi connectivity index (χ2v) is 4.93. The van der Waals surface area contributed by atoms with E-state index >= 15 is 0 Å². The second-order valence-electron chi connectivity index (χ2n) is 3.98. The summed E-state index contributed by atoms with van der Waals surface area (Å²) in [5.41, 5.74) is 2.24. The molecule has 0 saturated heterocycles. The zero-order valence-corrected chi connectivity index (χ0v) is 11.0. The lowest BCUT2D eigenvalue weighted by molar-refractivity contribution is 0.660. The summed E-state index contributed by atoms with van der Waals surface area (Å²) >= 11 is 1.67. The molecule has 0 bridgehead atoms. The van der Waals surface area contributed by atoms with Crippen LogP contribution in [0.25, 0.3) is 10.7 Å². The van der Waals surface area contributed by atoms with Crippen molar-refractivity contribution in [2.45, 2.75) is 26.8 Å². The first-order valence-electron chi connectivity index (χ1n) is 5.88. The van der Waals surface area contributed by atoms with Crippen molar-refractivity contribution in [1.29, 1.82) is 0 Å². The van der Waals surface area contributed by atoms with Gasteiger partial charge in [0, 0.05) is 12.7 Å². The first-order chi connectivity index (χ1) is 8.31. The minimum absolute atomic E-state index is 0.820. The molecule has 0 unspecified atom stereocenters. The summed E-state index contributed by atoms with van der Waals surface area (Å²) in [6, 6.07) is 4.08. The smallest absolute Gasteiger partial charge is 0.169 e. The molecule has 0 aliphatic carbocycles. The summed E-state index contributed by atoms with van der Waals surface area (Å²) in [4.78, 5) is 10.1. The summed E-state index contributed by atoms with van der Waals surface area (Å²) in [5.74, 6) is 0.832. The van der Waals surface area contributed by atoms with Crippen LogP contribution in [0.4, 0.5) is 0 Å². The van der Waals surface area contributed by atoms with E-state index in [-0.39, 0.29) is 0 Å². The Morgan fingerprint density at radius 2 is 2.29 bits per heavy atom. The van der Waals surface area contributed by atoms with Crippen molar-refractivity contribution in [2.75, 3.05) is 6.54 Å². The highest BCUT2D eigenvalue weighted by Gasteiger charge is 2.06. The maximum absolute atomic E-state index is 4.62. The van der Waals surface area contributed by atoms with Gasteiger partial charge in [-0.15, -0.1) is 11.3 Å². The van der Waals surface area contributed by atoms with Crippen molar-refractivity contribution < 1.29 is 0 Å². The lowest BCUT2D eigenvalue weighted by atomic mass is 10.2. The number of hydrogen-bond donors (Lipinski definition) is 1. The number of aryl methyl sites for hydroxylation is 1. The lowest BCUT2D eigenvalue weighted by Crippen LogP contribution is -2.16. The van der Waals surface area contributed by atoms with Crippen molar-refractivity contribution in [3.63, 3.8) is 0 Å². The van der Waals surface area contributed by atoms with Crippen LogP contribution >= 0.6 is 11.3 Å². The highest BCUT2D eigenvalue weighted by atomic mass is 32.1. The lowest BCUT2D eigenvalue weighted by Gasteiger charge is -2.07. The summed E-state index contributed by atoms with van der Waals surface area (Å²) in [7, 11) is 0. The van der Waals surface area contributed by atoms with Crippen LogP contribution in [0.15, 0.2) is 23.7 Å². The van der Waals surface area contributed by atoms with Gasteiger partial charge in [0.1, 0.15) is 0 Å². The van der Waals surface area contributed by atoms with Crippen molar-refractivity contribution in [2.24, 2.45) is 0 Å². The Morgan fingerprint density at radius 3 is 3.00 bits per heavy atom. The van der Waals surface area contributed by atoms with Crippen LogP contribution in [0.3, 0.4) is 0 Å². The third kappa shape index (κ3) is 3.11. The molecule has 2 heterocycles. The van der Waals surface area contributed by atoms with Crippen LogP contribution < -0.4 is 5.32 Å². The number of hydrogen-bond acceptors (Lipinski definition) is 4. The molecule has 90 valence electrons. The minimum Gasteiger partial charge on any atom is -0.311 e. The SMILES string of the molecule is CCCNCc1nc(-c2cccs2)ncc1C. The number of nitrogens with zero attached hydrogens (tertiary/aromatic N) is 2. The topological polar surface area (TPSA) is 37.8 Å². The predicted molar refractivity (Wildman–Crippen MR) is 72.1 cm³/mol. The average molecular weight is 247 g/mol. The van der Waals surface area contributed by atoms with E-state index in [9.17, 15) is 0 Å². The molecule has 0 spiro atoms. The van der Waals surface area contributed by atoms with Crippen molar-refractivity contribution in [3.05, 3.63) is 35.0 Å². The summed E-state index contributed by atoms with van der Waals surface area (Å²) in [5, 5.41) is 5.43. The van der Waals surface area contributed by atoms with Crippen molar-refractivity contribution in [1.82, 2.24) is 15.3 Å². The molecule has 2 aromatic rings. The van der Waals surface area contributed by atoms with Gasteiger partial charge < -0.3 is 5.32 Å². The molecule has 17 heavy (non-hydrogen) atoms. The Morgan fingerprint density at radius 1 is 1.41 bits per heavy atom. The van der Waals surface area contributed by atoms with E-state index < -0.39 is 0 Å². The molecule has 1 N–H and O–H groups in total. The minimum atomic E-state index is 0.820. The maximum atomic E-state index is 4.62. The molecule has 0 radical (unpaired) electrons. The molecule has 0 aliphatic rings. The maximum Gasteiger partial charge on any atom is 0.169 e. The van der Waals surface area contributed by atoms with Gasteiger partial charge in [0.25, 0.3) is 0 Å². The predicted octanol–water partition coefficient (Wildman–Crippen LogP) is 3.01. The van der Waals surface area contributed by atoms with E-state index in [1.807, 2.05) is 17.6 Å². The van der Waals surface area contributed by atoms with Gasteiger partial charge in [-0.1, -0.05) is 13.0 Å². The zero-order chi connectivity index (χ0) is 12.1. The fraction of sp³-hybridized carbons (Fsp3) is 0.385. The number of aromatic nitrogens is 2. The number of nitrogens with one attached hydrogen (secondary N) is 1. The van der Waals surface area contributed by atoms with Crippen molar-refractivity contribution in [3.8, 4) is 10.7 Å². The largest absolute Gasteiger partial charge is 0.311 e. The Bertz CT molecular complexity index is 466. The van der Waals surface area contributed by atoms with Crippen LogP contribution in [-0.2, 0) is 6.54 Å². The molecule has 0 atom stereocenters. The standard InChI is InChI=1S/C13H17N3S/c1-3-6-14-9-11-10(2)8-15-13(16-11)12-5-4-7-17-12/h4-5,7-8,14H,3,6,9H2,1-2H3. The Balaban J connectivity index is 2.18. The Labute approximate surface area is 106 Å². The molecule has 4 heteroatoms. The van der Waals surface area contributed by atoms with E-state index in [0.717, 1.165) is 41.5 Å². The second kappa shape index (κ2) is 5.89. The van der Waals surface area contributed by atoms with Gasteiger partial charge in [0.05, 0.1) is 10.6 Å². The Kier molecular flexibility index (Phi) is 4.23. The fourth-order valence-electron chi connectivity index (χ4n) is 1.56. The van der Waals surface area contributed by atoms with Crippen molar-refractivity contribution >= 4 is 11.3 Å². The normalized spacial score (nSPS) is 10.7. The van der Waals surface area contributed by atoms with Crippen LogP contribution in [-0.4, -0.2) is 16.5 Å². The molecule has 0 fully saturated rings. The fourth-order valence-corrected chi connectivity index (χ4v) is 2.23. The first kappa shape index (κ1) is 12.2.